The van der Waals surface area contributed by atoms with Crippen LogP contribution in [0.1, 0.15) is 10.4 Å². The van der Waals surface area contributed by atoms with Crippen LogP contribution >= 0.6 is 0 Å². The van der Waals surface area contributed by atoms with Gasteiger partial charge in [0.05, 0.1) is 26.0 Å². The molecule has 1 aromatic rings. The van der Waals surface area contributed by atoms with Crippen LogP contribution in [-0.4, -0.2) is 56.8 Å². The normalized spacial score (nSPS) is 14.0. The van der Waals surface area contributed by atoms with Gasteiger partial charge in [-0.25, -0.2) is 4.79 Å². The van der Waals surface area contributed by atoms with E-state index in [0.717, 1.165) is 0 Å². The largest absolute Gasteiger partial charge is 0.495 e. The lowest BCUT2D eigenvalue weighted by Gasteiger charge is -2.27. The van der Waals surface area contributed by atoms with E-state index in [2.05, 4.69) is 17.2 Å². The molecule has 0 radical (unpaired) electrons. The van der Waals surface area contributed by atoms with Gasteiger partial charge in [-0.2, -0.15) is 0 Å². The first kappa shape index (κ1) is 16.8. The summed E-state index contributed by atoms with van der Waals surface area (Å²) in [6, 6.07) is 4.57. The number of hydrogen-bond acceptors (Lipinski definition) is 4. The number of ether oxygens (including phenoxy) is 2. The second kappa shape index (κ2) is 8.19. The molecule has 1 aliphatic heterocycles. The number of anilines is 1. The van der Waals surface area contributed by atoms with E-state index < -0.39 is 0 Å². The Kier molecular flexibility index (Phi) is 5.99. The van der Waals surface area contributed by atoms with Crippen molar-refractivity contribution in [1.29, 1.82) is 0 Å². The van der Waals surface area contributed by atoms with Crippen LogP contribution in [0.4, 0.5) is 10.5 Å². The average Bonchev–Trinajstić information content (AvgIpc) is 2.60. The van der Waals surface area contributed by atoms with Gasteiger partial charge >= 0.3 is 6.03 Å². The average molecular weight is 319 g/mol. The third-order valence-electron chi connectivity index (χ3n) is 3.40. The van der Waals surface area contributed by atoms with E-state index in [9.17, 15) is 9.59 Å². The molecule has 0 aliphatic carbocycles. The third-order valence-corrected chi connectivity index (χ3v) is 3.40. The van der Waals surface area contributed by atoms with Crippen LogP contribution < -0.4 is 15.4 Å². The van der Waals surface area contributed by atoms with E-state index in [-0.39, 0.29) is 11.9 Å². The molecule has 2 rings (SSSR count). The molecule has 1 saturated heterocycles. The lowest BCUT2D eigenvalue weighted by Crippen LogP contribution is -2.40. The van der Waals surface area contributed by atoms with Crippen molar-refractivity contribution >= 4 is 17.6 Å². The predicted octanol–water partition coefficient (Wildman–Crippen LogP) is 1.48. The van der Waals surface area contributed by atoms with Gasteiger partial charge in [-0.15, -0.1) is 6.58 Å². The summed E-state index contributed by atoms with van der Waals surface area (Å²) in [6.07, 6.45) is 1.58. The summed E-state index contributed by atoms with van der Waals surface area (Å²) in [6.45, 7) is 6.09. The summed E-state index contributed by atoms with van der Waals surface area (Å²) in [5.41, 5.74) is 0.930. The standard InChI is InChI=1S/C16H21N3O4/c1-3-6-17-16(21)18-13-11-12(4-5-14(13)22-2)15(20)19-7-9-23-10-8-19/h3-5,11H,1,6-10H2,2H3,(H2,17,18,21). The fourth-order valence-corrected chi connectivity index (χ4v) is 2.22. The number of carbonyl (C=O) groups excluding carboxylic acids is 2. The monoisotopic (exact) mass is 319 g/mol. The van der Waals surface area contributed by atoms with E-state index >= 15 is 0 Å². The predicted molar refractivity (Wildman–Crippen MR) is 86.9 cm³/mol. The Bertz CT molecular complexity index is 583. The fourth-order valence-electron chi connectivity index (χ4n) is 2.22. The minimum Gasteiger partial charge on any atom is -0.495 e. The number of morpholine rings is 1. The van der Waals surface area contributed by atoms with Crippen molar-refractivity contribution in [2.45, 2.75) is 0 Å². The van der Waals surface area contributed by atoms with Crippen molar-refractivity contribution in [3.05, 3.63) is 36.4 Å². The Balaban J connectivity index is 2.15. The summed E-state index contributed by atoms with van der Waals surface area (Å²) in [5.74, 6) is 0.391. The number of carbonyl (C=O) groups is 2. The van der Waals surface area contributed by atoms with Crippen LogP contribution in [0.2, 0.25) is 0 Å². The zero-order valence-corrected chi connectivity index (χ0v) is 13.1. The van der Waals surface area contributed by atoms with Crippen molar-refractivity contribution in [2.75, 3.05) is 45.3 Å². The third kappa shape index (κ3) is 4.46. The quantitative estimate of drug-likeness (QED) is 0.806. The molecule has 1 fully saturated rings. The minimum absolute atomic E-state index is 0.0921. The molecule has 1 aliphatic rings. The topological polar surface area (TPSA) is 79.9 Å². The maximum absolute atomic E-state index is 12.5. The summed E-state index contributed by atoms with van der Waals surface area (Å²) >= 11 is 0. The molecule has 124 valence electrons. The van der Waals surface area contributed by atoms with Crippen LogP contribution in [0, 0.1) is 0 Å². The molecule has 0 aromatic heterocycles. The Morgan fingerprint density at radius 1 is 1.39 bits per heavy atom. The number of nitrogens with zero attached hydrogens (tertiary/aromatic N) is 1. The number of methoxy groups -OCH3 is 1. The summed E-state index contributed by atoms with van der Waals surface area (Å²) in [5, 5.41) is 5.28. The molecule has 0 atom stereocenters. The molecule has 7 heteroatoms. The zero-order chi connectivity index (χ0) is 16.7. The second-order valence-corrected chi connectivity index (χ2v) is 4.94. The number of urea groups is 1. The van der Waals surface area contributed by atoms with Gasteiger partial charge in [-0.3, -0.25) is 4.79 Å². The zero-order valence-electron chi connectivity index (χ0n) is 13.1. The first-order chi connectivity index (χ1) is 11.2. The summed E-state index contributed by atoms with van der Waals surface area (Å²) in [7, 11) is 1.51. The van der Waals surface area contributed by atoms with E-state index in [1.165, 1.54) is 7.11 Å². The molecule has 23 heavy (non-hydrogen) atoms. The Hall–Kier alpha value is -2.54. The van der Waals surface area contributed by atoms with Crippen molar-refractivity contribution in [1.82, 2.24) is 10.2 Å². The maximum Gasteiger partial charge on any atom is 0.319 e. The van der Waals surface area contributed by atoms with Gasteiger partial charge < -0.3 is 25.0 Å². The number of amides is 3. The van der Waals surface area contributed by atoms with Crippen molar-refractivity contribution in [2.24, 2.45) is 0 Å². The second-order valence-electron chi connectivity index (χ2n) is 4.94. The highest BCUT2D eigenvalue weighted by molar-refractivity contribution is 5.98. The highest BCUT2D eigenvalue weighted by Gasteiger charge is 2.20. The lowest BCUT2D eigenvalue weighted by molar-refractivity contribution is 0.0303. The first-order valence-electron chi connectivity index (χ1n) is 7.36. The van der Waals surface area contributed by atoms with Gasteiger partial charge in [0.15, 0.2) is 0 Å². The fraction of sp³-hybridized carbons (Fsp3) is 0.375. The molecule has 1 aromatic carbocycles. The molecule has 2 N–H and O–H groups in total. The van der Waals surface area contributed by atoms with Crippen LogP contribution in [0.15, 0.2) is 30.9 Å². The molecule has 7 nitrogen and oxygen atoms in total. The van der Waals surface area contributed by atoms with Crippen molar-refractivity contribution in [3.8, 4) is 5.75 Å². The summed E-state index contributed by atoms with van der Waals surface area (Å²) < 4.78 is 10.5. The smallest absolute Gasteiger partial charge is 0.319 e. The van der Waals surface area contributed by atoms with Gasteiger partial charge in [-0.1, -0.05) is 6.08 Å². The van der Waals surface area contributed by atoms with Crippen LogP contribution in [0.5, 0.6) is 5.75 Å². The molecular weight excluding hydrogens is 298 g/mol. The van der Waals surface area contributed by atoms with Crippen molar-refractivity contribution in [3.63, 3.8) is 0 Å². The maximum atomic E-state index is 12.5. The van der Waals surface area contributed by atoms with Crippen LogP contribution in [0.25, 0.3) is 0 Å². The van der Waals surface area contributed by atoms with Gasteiger partial charge in [0.2, 0.25) is 0 Å². The van der Waals surface area contributed by atoms with Gasteiger partial charge in [0.1, 0.15) is 5.75 Å². The summed E-state index contributed by atoms with van der Waals surface area (Å²) in [4.78, 5) is 26.0. The first-order valence-corrected chi connectivity index (χ1v) is 7.36. The Morgan fingerprint density at radius 2 is 2.13 bits per heavy atom. The highest BCUT2D eigenvalue weighted by atomic mass is 16.5. The van der Waals surface area contributed by atoms with E-state index in [1.54, 1.807) is 29.2 Å². The van der Waals surface area contributed by atoms with Gasteiger partial charge in [-0.05, 0) is 18.2 Å². The van der Waals surface area contributed by atoms with E-state index in [4.69, 9.17) is 9.47 Å². The molecule has 3 amide bonds. The number of nitrogens with one attached hydrogen (secondary N) is 2. The highest BCUT2D eigenvalue weighted by Crippen LogP contribution is 2.26. The molecule has 0 saturated carbocycles. The van der Waals surface area contributed by atoms with Gasteiger partial charge in [0.25, 0.3) is 5.91 Å². The SMILES string of the molecule is C=CCNC(=O)Nc1cc(C(=O)N2CCOCC2)ccc1OC. The minimum atomic E-state index is -0.390. The number of hydrogen-bond donors (Lipinski definition) is 2. The van der Waals surface area contributed by atoms with Gasteiger partial charge in [0, 0.05) is 25.2 Å². The molecule has 0 bridgehead atoms. The van der Waals surface area contributed by atoms with E-state index in [1.807, 2.05) is 0 Å². The molecular formula is C16H21N3O4. The van der Waals surface area contributed by atoms with Crippen LogP contribution in [-0.2, 0) is 4.74 Å². The Morgan fingerprint density at radius 3 is 2.78 bits per heavy atom. The number of benzene rings is 1. The molecule has 0 spiro atoms. The van der Waals surface area contributed by atoms with Crippen molar-refractivity contribution < 1.29 is 19.1 Å². The lowest BCUT2D eigenvalue weighted by atomic mass is 10.1. The number of rotatable bonds is 5. The molecule has 0 unspecified atom stereocenters. The Labute approximate surface area is 135 Å². The van der Waals surface area contributed by atoms with E-state index in [0.29, 0.717) is 49.8 Å². The molecule has 1 heterocycles. The van der Waals surface area contributed by atoms with Crippen LogP contribution in [0.3, 0.4) is 0 Å².